The Morgan fingerprint density at radius 1 is 1.05 bits per heavy atom. The SMILES string of the molecule is CCCNc1nc(C)cc(-c2cc(Cl)cc(Cl)c2)n1. The topological polar surface area (TPSA) is 37.8 Å². The Morgan fingerprint density at radius 2 is 1.74 bits per heavy atom. The maximum Gasteiger partial charge on any atom is 0.223 e. The number of nitrogens with one attached hydrogen (secondary N) is 1. The lowest BCUT2D eigenvalue weighted by molar-refractivity contribution is 0.947. The van der Waals surface area contributed by atoms with Crippen molar-refractivity contribution in [3.05, 3.63) is 40.0 Å². The number of aromatic nitrogens is 2. The number of hydrogen-bond donors (Lipinski definition) is 1. The number of rotatable bonds is 4. The lowest BCUT2D eigenvalue weighted by Crippen LogP contribution is -2.05. The minimum Gasteiger partial charge on any atom is -0.354 e. The third-order valence-electron chi connectivity index (χ3n) is 2.55. The number of anilines is 1. The smallest absolute Gasteiger partial charge is 0.223 e. The summed E-state index contributed by atoms with van der Waals surface area (Å²) in [4.78, 5) is 8.84. The van der Waals surface area contributed by atoms with Crippen LogP contribution in [0.2, 0.25) is 10.0 Å². The van der Waals surface area contributed by atoms with Gasteiger partial charge in [0.2, 0.25) is 5.95 Å². The van der Waals surface area contributed by atoms with Gasteiger partial charge in [0.15, 0.2) is 0 Å². The normalized spacial score (nSPS) is 10.5. The predicted molar refractivity (Wildman–Crippen MR) is 81.0 cm³/mol. The summed E-state index contributed by atoms with van der Waals surface area (Å²) in [6, 6.07) is 7.31. The van der Waals surface area contributed by atoms with Crippen LogP contribution in [-0.4, -0.2) is 16.5 Å². The highest BCUT2D eigenvalue weighted by atomic mass is 35.5. The molecule has 1 aromatic carbocycles. The molecule has 1 heterocycles. The molecule has 0 amide bonds. The van der Waals surface area contributed by atoms with E-state index in [1.54, 1.807) is 6.07 Å². The summed E-state index contributed by atoms with van der Waals surface area (Å²) in [6.07, 6.45) is 1.02. The van der Waals surface area contributed by atoms with Crippen LogP contribution >= 0.6 is 23.2 Å². The van der Waals surface area contributed by atoms with Gasteiger partial charge in [-0.25, -0.2) is 9.97 Å². The molecule has 1 aromatic heterocycles. The van der Waals surface area contributed by atoms with Crippen molar-refractivity contribution in [1.82, 2.24) is 9.97 Å². The van der Waals surface area contributed by atoms with Gasteiger partial charge in [-0.15, -0.1) is 0 Å². The van der Waals surface area contributed by atoms with Gasteiger partial charge in [0, 0.05) is 27.8 Å². The van der Waals surface area contributed by atoms with Crippen molar-refractivity contribution < 1.29 is 0 Å². The van der Waals surface area contributed by atoms with Gasteiger partial charge in [-0.3, -0.25) is 0 Å². The molecule has 5 heteroatoms. The van der Waals surface area contributed by atoms with Crippen LogP contribution in [0, 0.1) is 6.92 Å². The van der Waals surface area contributed by atoms with Crippen LogP contribution in [0.1, 0.15) is 19.0 Å². The molecule has 0 saturated heterocycles. The van der Waals surface area contributed by atoms with Crippen LogP contribution in [0.4, 0.5) is 5.95 Å². The molecule has 2 rings (SSSR count). The van der Waals surface area contributed by atoms with E-state index >= 15 is 0 Å². The van der Waals surface area contributed by atoms with E-state index in [2.05, 4.69) is 22.2 Å². The highest BCUT2D eigenvalue weighted by Crippen LogP contribution is 2.26. The Hall–Kier alpha value is -1.32. The number of nitrogens with zero attached hydrogens (tertiary/aromatic N) is 2. The number of benzene rings is 1. The fourth-order valence-electron chi connectivity index (χ4n) is 1.73. The van der Waals surface area contributed by atoms with Crippen LogP contribution in [0.25, 0.3) is 11.3 Å². The van der Waals surface area contributed by atoms with E-state index in [1.807, 2.05) is 25.1 Å². The third kappa shape index (κ3) is 3.82. The fourth-order valence-corrected chi connectivity index (χ4v) is 2.26. The van der Waals surface area contributed by atoms with Crippen LogP contribution in [0.3, 0.4) is 0 Å². The molecule has 0 saturated carbocycles. The Kier molecular flexibility index (Phi) is 4.61. The summed E-state index contributed by atoms with van der Waals surface area (Å²) in [5, 5.41) is 4.38. The molecule has 0 aliphatic rings. The second-order valence-electron chi connectivity index (χ2n) is 4.30. The molecule has 2 aromatic rings. The molecule has 0 spiro atoms. The summed E-state index contributed by atoms with van der Waals surface area (Å²) >= 11 is 12.0. The largest absolute Gasteiger partial charge is 0.354 e. The molecule has 3 nitrogen and oxygen atoms in total. The molecular weight excluding hydrogens is 281 g/mol. The molecule has 0 aliphatic carbocycles. The molecule has 19 heavy (non-hydrogen) atoms. The van der Waals surface area contributed by atoms with Crippen molar-refractivity contribution in [2.75, 3.05) is 11.9 Å². The predicted octanol–water partition coefficient (Wildman–Crippen LogP) is 4.58. The fraction of sp³-hybridized carbons (Fsp3) is 0.286. The first-order valence-corrected chi connectivity index (χ1v) is 6.90. The first-order valence-electron chi connectivity index (χ1n) is 6.14. The van der Waals surface area contributed by atoms with E-state index in [-0.39, 0.29) is 0 Å². The Balaban J connectivity index is 2.40. The average molecular weight is 296 g/mol. The van der Waals surface area contributed by atoms with Crippen molar-refractivity contribution in [2.45, 2.75) is 20.3 Å². The van der Waals surface area contributed by atoms with Crippen molar-refractivity contribution in [1.29, 1.82) is 0 Å². The number of halogens is 2. The van der Waals surface area contributed by atoms with Gasteiger partial charge in [0.1, 0.15) is 0 Å². The molecule has 0 unspecified atom stereocenters. The van der Waals surface area contributed by atoms with Crippen LogP contribution in [0.5, 0.6) is 0 Å². The Bertz CT molecular complexity index is 565. The molecule has 0 fully saturated rings. The minimum atomic E-state index is 0.599. The van der Waals surface area contributed by atoms with Crippen molar-refractivity contribution >= 4 is 29.2 Å². The van der Waals surface area contributed by atoms with Crippen LogP contribution in [-0.2, 0) is 0 Å². The van der Waals surface area contributed by atoms with E-state index in [4.69, 9.17) is 23.2 Å². The molecule has 0 aliphatic heterocycles. The molecule has 0 radical (unpaired) electrons. The highest BCUT2D eigenvalue weighted by molar-refractivity contribution is 6.35. The first kappa shape index (κ1) is 14.1. The molecular formula is C14H15Cl2N3. The molecule has 0 atom stereocenters. The Labute approximate surface area is 123 Å². The van der Waals surface area contributed by atoms with Gasteiger partial charge in [0.05, 0.1) is 5.69 Å². The van der Waals surface area contributed by atoms with E-state index in [0.29, 0.717) is 16.0 Å². The van der Waals surface area contributed by atoms with E-state index in [1.165, 1.54) is 0 Å². The van der Waals surface area contributed by atoms with Crippen molar-refractivity contribution in [3.63, 3.8) is 0 Å². The van der Waals surface area contributed by atoms with Crippen LogP contribution in [0.15, 0.2) is 24.3 Å². The maximum absolute atomic E-state index is 6.02. The number of hydrogen-bond acceptors (Lipinski definition) is 3. The molecule has 100 valence electrons. The standard InChI is InChI=1S/C14H15Cl2N3/c1-3-4-17-14-18-9(2)5-13(19-14)10-6-11(15)8-12(16)7-10/h5-8H,3-4H2,1-2H3,(H,17,18,19). The van der Waals surface area contributed by atoms with Gasteiger partial charge in [0.25, 0.3) is 0 Å². The highest BCUT2D eigenvalue weighted by Gasteiger charge is 2.06. The second-order valence-corrected chi connectivity index (χ2v) is 5.18. The van der Waals surface area contributed by atoms with E-state index in [9.17, 15) is 0 Å². The van der Waals surface area contributed by atoms with Crippen LogP contribution < -0.4 is 5.32 Å². The summed E-state index contributed by atoms with van der Waals surface area (Å²) in [5.41, 5.74) is 2.61. The summed E-state index contributed by atoms with van der Waals surface area (Å²) in [5.74, 6) is 0.632. The lowest BCUT2D eigenvalue weighted by atomic mass is 10.1. The molecule has 0 bridgehead atoms. The summed E-state index contributed by atoms with van der Waals surface area (Å²) in [6.45, 7) is 4.88. The van der Waals surface area contributed by atoms with Gasteiger partial charge >= 0.3 is 0 Å². The monoisotopic (exact) mass is 295 g/mol. The van der Waals surface area contributed by atoms with E-state index < -0.39 is 0 Å². The zero-order valence-corrected chi connectivity index (χ0v) is 12.4. The zero-order chi connectivity index (χ0) is 13.8. The van der Waals surface area contributed by atoms with Gasteiger partial charge in [-0.05, 0) is 37.6 Å². The summed E-state index contributed by atoms with van der Waals surface area (Å²) < 4.78 is 0. The lowest BCUT2D eigenvalue weighted by Gasteiger charge is -2.08. The zero-order valence-electron chi connectivity index (χ0n) is 10.9. The summed E-state index contributed by atoms with van der Waals surface area (Å²) in [7, 11) is 0. The van der Waals surface area contributed by atoms with Crippen molar-refractivity contribution in [2.24, 2.45) is 0 Å². The minimum absolute atomic E-state index is 0.599. The quantitative estimate of drug-likeness (QED) is 0.897. The number of aryl methyl sites for hydroxylation is 1. The van der Waals surface area contributed by atoms with Crippen molar-refractivity contribution in [3.8, 4) is 11.3 Å². The molecule has 1 N–H and O–H groups in total. The van der Waals surface area contributed by atoms with E-state index in [0.717, 1.165) is 29.9 Å². The second kappa shape index (κ2) is 6.22. The maximum atomic E-state index is 6.02. The van der Waals surface area contributed by atoms with Gasteiger partial charge < -0.3 is 5.32 Å². The van der Waals surface area contributed by atoms with Gasteiger partial charge in [-0.1, -0.05) is 30.1 Å². The Morgan fingerprint density at radius 3 is 2.37 bits per heavy atom. The first-order chi connectivity index (χ1) is 9.08. The van der Waals surface area contributed by atoms with Gasteiger partial charge in [-0.2, -0.15) is 0 Å². The third-order valence-corrected chi connectivity index (χ3v) is 2.98. The average Bonchev–Trinajstić information content (AvgIpc) is 2.34.